The van der Waals surface area contributed by atoms with Crippen molar-refractivity contribution in [3.8, 4) is 0 Å². The number of halogens is 2. The number of carbonyl (C=O) groups is 1. The minimum atomic E-state index is -1.72. The van der Waals surface area contributed by atoms with Gasteiger partial charge < -0.3 is 4.43 Å². The van der Waals surface area contributed by atoms with Gasteiger partial charge in [-0.05, 0) is 38.9 Å². The van der Waals surface area contributed by atoms with Gasteiger partial charge in [0.15, 0.2) is 14.1 Å². The SMILES string of the molecule is C[Si](C)(C)O[C@@]12CCC[C@@H]1C(=O)C2(Cl)Cl. The summed E-state index contributed by atoms with van der Waals surface area (Å²) in [4.78, 5) is 11.7. The number of hydrogen-bond donors (Lipinski definition) is 0. The standard InChI is InChI=1S/C10H16Cl2O2Si/c1-15(2,3)14-9-6-4-5-7(9)8(13)10(9,11)12/h7H,4-6H2,1-3H3/t7-,9+/m1/s1. The van der Waals surface area contributed by atoms with E-state index in [4.69, 9.17) is 27.6 Å². The molecule has 0 spiro atoms. The maximum atomic E-state index is 11.7. The molecule has 0 aromatic carbocycles. The summed E-state index contributed by atoms with van der Waals surface area (Å²) >= 11 is 12.3. The number of ketones is 1. The lowest BCUT2D eigenvalue weighted by atomic mass is 9.69. The van der Waals surface area contributed by atoms with Crippen LogP contribution in [0.3, 0.4) is 0 Å². The van der Waals surface area contributed by atoms with Crippen LogP contribution in [-0.4, -0.2) is 24.0 Å². The van der Waals surface area contributed by atoms with Gasteiger partial charge in [0.25, 0.3) is 0 Å². The van der Waals surface area contributed by atoms with Gasteiger partial charge in [0.1, 0.15) is 5.60 Å². The Morgan fingerprint density at radius 1 is 1.40 bits per heavy atom. The molecule has 0 radical (unpaired) electrons. The van der Waals surface area contributed by atoms with Crippen molar-refractivity contribution >= 4 is 37.3 Å². The van der Waals surface area contributed by atoms with Gasteiger partial charge in [-0.2, -0.15) is 0 Å². The van der Waals surface area contributed by atoms with E-state index in [9.17, 15) is 4.79 Å². The van der Waals surface area contributed by atoms with Crippen LogP contribution in [0.5, 0.6) is 0 Å². The third-order valence-electron chi connectivity index (χ3n) is 3.25. The fraction of sp³-hybridized carbons (Fsp3) is 0.900. The van der Waals surface area contributed by atoms with Crippen molar-refractivity contribution in [1.29, 1.82) is 0 Å². The molecule has 0 aliphatic heterocycles. The first-order chi connectivity index (χ1) is 6.71. The number of rotatable bonds is 2. The predicted molar refractivity (Wildman–Crippen MR) is 63.9 cm³/mol. The lowest BCUT2D eigenvalue weighted by Gasteiger charge is -2.55. The quantitative estimate of drug-likeness (QED) is 0.567. The summed E-state index contributed by atoms with van der Waals surface area (Å²) < 4.78 is 4.83. The van der Waals surface area contributed by atoms with E-state index in [1.54, 1.807) is 0 Å². The first-order valence-corrected chi connectivity index (χ1v) is 9.49. The van der Waals surface area contributed by atoms with E-state index < -0.39 is 18.3 Å². The lowest BCUT2D eigenvalue weighted by Crippen LogP contribution is -2.71. The summed E-state index contributed by atoms with van der Waals surface area (Å²) in [5, 5.41) is 0. The summed E-state index contributed by atoms with van der Waals surface area (Å²) in [5.41, 5.74) is -0.572. The highest BCUT2D eigenvalue weighted by molar-refractivity contribution is 6.70. The van der Waals surface area contributed by atoms with Crippen LogP contribution in [0.1, 0.15) is 19.3 Å². The van der Waals surface area contributed by atoms with Crippen LogP contribution in [-0.2, 0) is 9.22 Å². The van der Waals surface area contributed by atoms with E-state index in [0.29, 0.717) is 0 Å². The second-order valence-electron chi connectivity index (χ2n) is 5.49. The Hall–Kier alpha value is 0.427. The average molecular weight is 267 g/mol. The van der Waals surface area contributed by atoms with E-state index in [2.05, 4.69) is 19.6 Å². The molecule has 0 amide bonds. The molecular formula is C10H16Cl2O2Si. The highest BCUT2D eigenvalue weighted by Crippen LogP contribution is 2.62. The third kappa shape index (κ3) is 1.51. The molecule has 0 aromatic rings. The van der Waals surface area contributed by atoms with E-state index in [1.807, 2.05) is 0 Å². The maximum absolute atomic E-state index is 11.7. The molecule has 2 aliphatic carbocycles. The molecule has 2 fully saturated rings. The summed E-state index contributed by atoms with van der Waals surface area (Å²) in [6, 6.07) is 0. The monoisotopic (exact) mass is 266 g/mol. The fourth-order valence-corrected chi connectivity index (χ4v) is 5.19. The smallest absolute Gasteiger partial charge is 0.204 e. The van der Waals surface area contributed by atoms with Crippen molar-refractivity contribution in [2.24, 2.45) is 5.92 Å². The molecule has 86 valence electrons. The largest absolute Gasteiger partial charge is 0.408 e. The first-order valence-electron chi connectivity index (χ1n) is 5.33. The van der Waals surface area contributed by atoms with Crippen LogP contribution < -0.4 is 0 Å². The Morgan fingerprint density at radius 2 is 2.00 bits per heavy atom. The molecule has 5 heteroatoms. The van der Waals surface area contributed by atoms with Crippen LogP contribution in [0.25, 0.3) is 0 Å². The van der Waals surface area contributed by atoms with Gasteiger partial charge in [-0.25, -0.2) is 0 Å². The number of hydrogen-bond acceptors (Lipinski definition) is 2. The summed E-state index contributed by atoms with van der Waals surface area (Å²) in [6.45, 7) is 6.30. The molecule has 15 heavy (non-hydrogen) atoms. The van der Waals surface area contributed by atoms with Crippen molar-refractivity contribution in [2.45, 2.75) is 48.8 Å². The predicted octanol–water partition coefficient (Wildman–Crippen LogP) is 3.13. The molecule has 0 saturated heterocycles. The first kappa shape index (κ1) is 11.9. The third-order valence-corrected chi connectivity index (χ3v) is 5.24. The van der Waals surface area contributed by atoms with E-state index >= 15 is 0 Å². The minimum absolute atomic E-state index is 0.0402. The van der Waals surface area contributed by atoms with Crippen LogP contribution in [0.4, 0.5) is 0 Å². The van der Waals surface area contributed by atoms with E-state index in [-0.39, 0.29) is 11.7 Å². The molecule has 2 nitrogen and oxygen atoms in total. The number of alkyl halides is 2. The topological polar surface area (TPSA) is 26.3 Å². The van der Waals surface area contributed by atoms with Gasteiger partial charge in [0.05, 0.1) is 5.92 Å². The summed E-state index contributed by atoms with van der Waals surface area (Å²) in [7, 11) is -1.72. The van der Waals surface area contributed by atoms with Gasteiger partial charge in [0, 0.05) is 0 Å². The molecule has 2 rings (SSSR count). The zero-order chi connectivity index (χ0) is 11.5. The average Bonchev–Trinajstić information content (AvgIpc) is 2.43. The molecule has 2 aliphatic rings. The second-order valence-corrected chi connectivity index (χ2v) is 11.2. The minimum Gasteiger partial charge on any atom is -0.408 e. The normalized spacial score (nSPS) is 38.7. The Morgan fingerprint density at radius 3 is 2.53 bits per heavy atom. The molecule has 2 atom stereocenters. The van der Waals surface area contributed by atoms with Crippen molar-refractivity contribution in [3.05, 3.63) is 0 Å². The van der Waals surface area contributed by atoms with E-state index in [0.717, 1.165) is 19.3 Å². The molecular weight excluding hydrogens is 251 g/mol. The van der Waals surface area contributed by atoms with Gasteiger partial charge in [-0.1, -0.05) is 23.2 Å². The zero-order valence-electron chi connectivity index (χ0n) is 9.27. The number of fused-ring (bicyclic) bond motifs is 1. The highest BCUT2D eigenvalue weighted by atomic mass is 35.5. The van der Waals surface area contributed by atoms with Gasteiger partial charge in [-0.3, -0.25) is 4.79 Å². The van der Waals surface area contributed by atoms with Gasteiger partial charge >= 0.3 is 0 Å². The molecule has 0 N–H and O–H groups in total. The molecule has 2 saturated carbocycles. The number of carbonyl (C=O) groups excluding carboxylic acids is 1. The summed E-state index contributed by atoms with van der Waals surface area (Å²) in [6.07, 6.45) is 2.69. The van der Waals surface area contributed by atoms with Crippen molar-refractivity contribution < 1.29 is 9.22 Å². The van der Waals surface area contributed by atoms with Crippen molar-refractivity contribution in [2.75, 3.05) is 0 Å². The molecule has 0 bridgehead atoms. The summed E-state index contributed by atoms with van der Waals surface area (Å²) in [5.74, 6) is -0.0965. The zero-order valence-corrected chi connectivity index (χ0v) is 11.8. The van der Waals surface area contributed by atoms with E-state index in [1.165, 1.54) is 0 Å². The Kier molecular flexibility index (Phi) is 2.55. The molecule has 0 aromatic heterocycles. The molecule has 0 unspecified atom stereocenters. The highest BCUT2D eigenvalue weighted by Gasteiger charge is 2.74. The van der Waals surface area contributed by atoms with Gasteiger partial charge in [-0.15, -0.1) is 0 Å². The Bertz CT molecular complexity index is 311. The van der Waals surface area contributed by atoms with Crippen LogP contribution >= 0.6 is 23.2 Å². The van der Waals surface area contributed by atoms with Crippen LogP contribution in [0.15, 0.2) is 0 Å². The Labute approximate surface area is 101 Å². The van der Waals surface area contributed by atoms with Gasteiger partial charge in [0.2, 0.25) is 4.33 Å². The maximum Gasteiger partial charge on any atom is 0.204 e. The number of Topliss-reactive ketones (excluding diaryl/α,β-unsaturated/α-hetero) is 1. The van der Waals surface area contributed by atoms with Crippen molar-refractivity contribution in [1.82, 2.24) is 0 Å². The lowest BCUT2D eigenvalue weighted by molar-refractivity contribution is -0.152. The second kappa shape index (κ2) is 3.22. The van der Waals surface area contributed by atoms with Crippen molar-refractivity contribution in [3.63, 3.8) is 0 Å². The molecule has 0 heterocycles. The Balaban J connectivity index is 2.29. The fourth-order valence-electron chi connectivity index (χ4n) is 2.78. The van der Waals surface area contributed by atoms with Crippen LogP contribution in [0.2, 0.25) is 19.6 Å². The van der Waals surface area contributed by atoms with Crippen LogP contribution in [0, 0.1) is 5.92 Å².